The summed E-state index contributed by atoms with van der Waals surface area (Å²) in [5.41, 5.74) is 0.0568. The molecule has 0 saturated carbocycles. The first kappa shape index (κ1) is 19.3. The lowest BCUT2D eigenvalue weighted by atomic mass is 10.1. The molecule has 0 radical (unpaired) electrons. The van der Waals surface area contributed by atoms with E-state index in [0.717, 1.165) is 0 Å². The number of hydrogen-bond acceptors (Lipinski definition) is 7. The van der Waals surface area contributed by atoms with Crippen LogP contribution in [0.4, 0.5) is 5.69 Å². The van der Waals surface area contributed by atoms with Crippen molar-refractivity contribution in [2.45, 2.75) is 6.92 Å². The summed E-state index contributed by atoms with van der Waals surface area (Å²) in [5.74, 6) is -1.39. The second kappa shape index (κ2) is 8.92. The van der Waals surface area contributed by atoms with Gasteiger partial charge in [-0.15, -0.1) is 0 Å². The SMILES string of the molecule is CCOC(=O)/C(C#N)=C/c1ccccc1OC(=O)c1ccc([N+](=O)[O-])cc1. The van der Waals surface area contributed by atoms with Crippen molar-refractivity contribution in [2.24, 2.45) is 0 Å². The van der Waals surface area contributed by atoms with Crippen molar-refractivity contribution >= 4 is 23.7 Å². The average Bonchev–Trinajstić information content (AvgIpc) is 2.67. The summed E-state index contributed by atoms with van der Waals surface area (Å²) in [4.78, 5) is 34.1. The minimum absolute atomic E-state index is 0.116. The molecule has 2 aromatic carbocycles. The Labute approximate surface area is 154 Å². The highest BCUT2D eigenvalue weighted by Gasteiger charge is 2.15. The molecule has 0 aliphatic heterocycles. The lowest BCUT2D eigenvalue weighted by molar-refractivity contribution is -0.384. The van der Waals surface area contributed by atoms with E-state index in [-0.39, 0.29) is 29.2 Å². The van der Waals surface area contributed by atoms with E-state index < -0.39 is 16.9 Å². The van der Waals surface area contributed by atoms with Gasteiger partial charge in [0, 0.05) is 17.7 Å². The Kier molecular flexibility index (Phi) is 6.39. The standard InChI is InChI=1S/C19H14N2O6/c1-2-26-18(22)15(12-20)11-14-5-3-4-6-17(14)27-19(23)13-7-9-16(10-8-13)21(24)25/h3-11H,2H2,1H3/b15-11+. The largest absolute Gasteiger partial charge is 0.462 e. The number of rotatable bonds is 6. The van der Waals surface area contributed by atoms with Crippen molar-refractivity contribution < 1.29 is 24.0 Å². The Hall–Kier alpha value is -3.99. The van der Waals surface area contributed by atoms with Crippen LogP contribution in [0.25, 0.3) is 6.08 Å². The minimum Gasteiger partial charge on any atom is -0.462 e. The lowest BCUT2D eigenvalue weighted by Crippen LogP contribution is -2.10. The van der Waals surface area contributed by atoms with E-state index >= 15 is 0 Å². The predicted octanol–water partition coefficient (Wildman–Crippen LogP) is 3.28. The fourth-order valence-corrected chi connectivity index (χ4v) is 2.07. The molecule has 27 heavy (non-hydrogen) atoms. The fourth-order valence-electron chi connectivity index (χ4n) is 2.07. The monoisotopic (exact) mass is 366 g/mol. The Morgan fingerprint density at radius 1 is 1.19 bits per heavy atom. The maximum Gasteiger partial charge on any atom is 0.348 e. The fraction of sp³-hybridized carbons (Fsp3) is 0.105. The summed E-state index contributed by atoms with van der Waals surface area (Å²) in [5, 5.41) is 19.8. The number of ether oxygens (including phenoxy) is 2. The summed E-state index contributed by atoms with van der Waals surface area (Å²) < 4.78 is 10.1. The molecular formula is C19H14N2O6. The second-order valence-electron chi connectivity index (χ2n) is 5.12. The number of non-ortho nitro benzene ring substituents is 1. The van der Waals surface area contributed by atoms with Crippen LogP contribution in [0.1, 0.15) is 22.8 Å². The third-order valence-corrected chi connectivity index (χ3v) is 3.35. The van der Waals surface area contributed by atoms with Crippen LogP contribution in [-0.4, -0.2) is 23.5 Å². The Balaban J connectivity index is 2.27. The van der Waals surface area contributed by atoms with Gasteiger partial charge >= 0.3 is 11.9 Å². The second-order valence-corrected chi connectivity index (χ2v) is 5.12. The normalized spacial score (nSPS) is 10.6. The zero-order valence-electron chi connectivity index (χ0n) is 14.2. The van der Waals surface area contributed by atoms with Gasteiger partial charge in [0.1, 0.15) is 17.4 Å². The van der Waals surface area contributed by atoms with E-state index in [4.69, 9.17) is 14.7 Å². The van der Waals surface area contributed by atoms with E-state index in [1.165, 1.54) is 36.4 Å². The molecule has 0 saturated heterocycles. The number of carbonyl (C=O) groups excluding carboxylic acids is 2. The number of benzene rings is 2. The van der Waals surface area contributed by atoms with E-state index in [1.807, 2.05) is 0 Å². The highest BCUT2D eigenvalue weighted by Crippen LogP contribution is 2.23. The third kappa shape index (κ3) is 4.99. The number of nitro benzene ring substituents is 1. The zero-order chi connectivity index (χ0) is 19.8. The van der Waals surface area contributed by atoms with Crippen LogP contribution in [0.15, 0.2) is 54.1 Å². The lowest BCUT2D eigenvalue weighted by Gasteiger charge is -2.08. The highest BCUT2D eigenvalue weighted by molar-refractivity contribution is 5.98. The van der Waals surface area contributed by atoms with Crippen molar-refractivity contribution in [3.8, 4) is 11.8 Å². The summed E-state index contributed by atoms with van der Waals surface area (Å²) in [6.45, 7) is 1.74. The Morgan fingerprint density at radius 2 is 1.85 bits per heavy atom. The van der Waals surface area contributed by atoms with Crippen molar-refractivity contribution in [2.75, 3.05) is 6.61 Å². The van der Waals surface area contributed by atoms with Gasteiger partial charge in [-0.05, 0) is 31.2 Å². The predicted molar refractivity (Wildman–Crippen MR) is 94.7 cm³/mol. The topological polar surface area (TPSA) is 120 Å². The van der Waals surface area contributed by atoms with Crippen LogP contribution in [0.2, 0.25) is 0 Å². The molecule has 8 nitrogen and oxygen atoms in total. The molecule has 0 bridgehead atoms. The number of para-hydroxylation sites is 1. The average molecular weight is 366 g/mol. The van der Waals surface area contributed by atoms with Crippen LogP contribution in [0, 0.1) is 21.4 Å². The van der Waals surface area contributed by atoms with Gasteiger partial charge in [0.25, 0.3) is 5.69 Å². The van der Waals surface area contributed by atoms with E-state index in [2.05, 4.69) is 0 Å². The van der Waals surface area contributed by atoms with Gasteiger partial charge in [-0.2, -0.15) is 5.26 Å². The molecule has 0 spiro atoms. The van der Waals surface area contributed by atoms with Crippen molar-refractivity contribution in [1.82, 2.24) is 0 Å². The molecule has 0 aromatic heterocycles. The molecule has 0 aliphatic rings. The molecule has 136 valence electrons. The number of nitrogens with zero attached hydrogens (tertiary/aromatic N) is 2. The van der Waals surface area contributed by atoms with E-state index in [1.54, 1.807) is 31.2 Å². The number of nitro groups is 1. The maximum absolute atomic E-state index is 12.3. The molecule has 2 aromatic rings. The Morgan fingerprint density at radius 3 is 2.44 bits per heavy atom. The zero-order valence-corrected chi connectivity index (χ0v) is 14.2. The van der Waals surface area contributed by atoms with Gasteiger partial charge < -0.3 is 9.47 Å². The van der Waals surface area contributed by atoms with Crippen LogP contribution < -0.4 is 4.74 Å². The van der Waals surface area contributed by atoms with Crippen molar-refractivity contribution in [3.63, 3.8) is 0 Å². The van der Waals surface area contributed by atoms with Crippen LogP contribution >= 0.6 is 0 Å². The molecule has 0 aliphatic carbocycles. The summed E-state index contributed by atoms with van der Waals surface area (Å²) in [6, 6.07) is 13.0. The van der Waals surface area contributed by atoms with Gasteiger partial charge in [0.15, 0.2) is 0 Å². The number of hydrogen-bond donors (Lipinski definition) is 0. The molecule has 0 fully saturated rings. The number of nitriles is 1. The van der Waals surface area contributed by atoms with E-state index in [0.29, 0.717) is 5.56 Å². The van der Waals surface area contributed by atoms with Crippen LogP contribution in [0.5, 0.6) is 5.75 Å². The van der Waals surface area contributed by atoms with Gasteiger partial charge in [-0.3, -0.25) is 10.1 Å². The molecule has 8 heteroatoms. The summed E-state index contributed by atoms with van der Waals surface area (Å²) >= 11 is 0. The highest BCUT2D eigenvalue weighted by atomic mass is 16.6. The molecule has 2 rings (SSSR count). The number of esters is 2. The van der Waals surface area contributed by atoms with Crippen LogP contribution in [-0.2, 0) is 9.53 Å². The number of carbonyl (C=O) groups is 2. The molecular weight excluding hydrogens is 352 g/mol. The first-order chi connectivity index (χ1) is 13.0. The van der Waals surface area contributed by atoms with Gasteiger partial charge in [0.2, 0.25) is 0 Å². The van der Waals surface area contributed by atoms with Crippen LogP contribution in [0.3, 0.4) is 0 Å². The molecule has 0 amide bonds. The molecule has 0 unspecified atom stereocenters. The summed E-state index contributed by atoms with van der Waals surface area (Å²) in [7, 11) is 0. The first-order valence-corrected chi connectivity index (χ1v) is 7.80. The molecule has 0 N–H and O–H groups in total. The van der Waals surface area contributed by atoms with Crippen molar-refractivity contribution in [3.05, 3.63) is 75.3 Å². The molecule has 0 atom stereocenters. The third-order valence-electron chi connectivity index (χ3n) is 3.35. The minimum atomic E-state index is -0.781. The Bertz CT molecular complexity index is 941. The van der Waals surface area contributed by atoms with Gasteiger partial charge in [-0.1, -0.05) is 18.2 Å². The van der Waals surface area contributed by atoms with Crippen molar-refractivity contribution in [1.29, 1.82) is 5.26 Å². The van der Waals surface area contributed by atoms with E-state index in [9.17, 15) is 19.7 Å². The molecule has 0 heterocycles. The maximum atomic E-state index is 12.3. The smallest absolute Gasteiger partial charge is 0.348 e. The first-order valence-electron chi connectivity index (χ1n) is 7.80. The van der Waals surface area contributed by atoms with Gasteiger partial charge in [0.05, 0.1) is 17.1 Å². The summed E-state index contributed by atoms with van der Waals surface area (Å²) in [6.07, 6.45) is 1.26. The quantitative estimate of drug-likeness (QED) is 0.192. The van der Waals surface area contributed by atoms with Gasteiger partial charge in [-0.25, -0.2) is 9.59 Å².